The van der Waals surface area contributed by atoms with Gasteiger partial charge in [0, 0.05) is 31.8 Å². The molecule has 7 nitrogen and oxygen atoms in total. The number of ether oxygens (including phenoxy) is 1. The number of amides is 1. The first-order valence-electron chi connectivity index (χ1n) is 9.03. The quantitative estimate of drug-likeness (QED) is 0.624. The highest BCUT2D eigenvalue weighted by atomic mass is 16.6. The number of hydrogen-bond acceptors (Lipinski definition) is 5. The van der Waals surface area contributed by atoms with Crippen LogP contribution < -0.4 is 15.0 Å². The summed E-state index contributed by atoms with van der Waals surface area (Å²) in [6.45, 7) is 4.02. The maximum Gasteiger partial charge on any atom is 0.293 e. The number of nitro benzene ring substituents is 1. The number of nitro groups is 1. The average Bonchev–Trinajstić information content (AvgIpc) is 2.70. The predicted molar refractivity (Wildman–Crippen MR) is 103 cm³/mol. The molecule has 0 unspecified atom stereocenters. The van der Waals surface area contributed by atoms with Crippen molar-refractivity contribution in [3.8, 4) is 5.75 Å². The van der Waals surface area contributed by atoms with Crippen molar-refractivity contribution in [3.05, 3.63) is 63.2 Å². The normalized spacial score (nSPS) is 13.0. The molecule has 2 aromatic rings. The molecule has 0 saturated carbocycles. The average molecular weight is 369 g/mol. The number of carbonyl (C=O) groups excluding carboxylic acids is 1. The Balaban J connectivity index is 1.86. The molecule has 142 valence electrons. The van der Waals surface area contributed by atoms with Crippen LogP contribution in [0.2, 0.25) is 0 Å². The molecular formula is C20H23N3O4. The van der Waals surface area contributed by atoms with E-state index in [0.717, 1.165) is 24.2 Å². The number of nitrogens with one attached hydrogen (secondary N) is 1. The summed E-state index contributed by atoms with van der Waals surface area (Å²) >= 11 is 0. The molecule has 0 spiro atoms. The van der Waals surface area contributed by atoms with Gasteiger partial charge in [-0.15, -0.1) is 0 Å². The van der Waals surface area contributed by atoms with Crippen LogP contribution in [-0.4, -0.2) is 31.0 Å². The van der Waals surface area contributed by atoms with Crippen molar-refractivity contribution in [1.82, 2.24) is 5.32 Å². The van der Waals surface area contributed by atoms with Crippen LogP contribution in [0.5, 0.6) is 5.75 Å². The molecule has 1 aliphatic rings. The van der Waals surface area contributed by atoms with Gasteiger partial charge in [-0.1, -0.05) is 13.0 Å². The summed E-state index contributed by atoms with van der Waals surface area (Å²) in [6, 6.07) is 10.7. The molecule has 0 radical (unpaired) electrons. The highest BCUT2D eigenvalue weighted by Crippen LogP contribution is 2.33. The van der Waals surface area contributed by atoms with Crippen LogP contribution in [0.15, 0.2) is 36.4 Å². The smallest absolute Gasteiger partial charge is 0.293 e. The van der Waals surface area contributed by atoms with E-state index in [2.05, 4.69) is 18.3 Å². The minimum absolute atomic E-state index is 0.0533. The Morgan fingerprint density at radius 3 is 2.78 bits per heavy atom. The molecule has 0 fully saturated rings. The zero-order chi connectivity index (χ0) is 19.4. The maximum absolute atomic E-state index is 11.8. The van der Waals surface area contributed by atoms with Crippen LogP contribution in [0.3, 0.4) is 0 Å². The first-order valence-corrected chi connectivity index (χ1v) is 9.03. The molecule has 0 aliphatic carbocycles. The van der Waals surface area contributed by atoms with E-state index in [1.165, 1.54) is 18.7 Å². The van der Waals surface area contributed by atoms with Crippen LogP contribution in [-0.2, 0) is 13.0 Å². The van der Waals surface area contributed by atoms with Gasteiger partial charge in [0.1, 0.15) is 11.4 Å². The zero-order valence-corrected chi connectivity index (χ0v) is 15.5. The van der Waals surface area contributed by atoms with Gasteiger partial charge in [-0.3, -0.25) is 14.9 Å². The van der Waals surface area contributed by atoms with E-state index >= 15 is 0 Å². The van der Waals surface area contributed by atoms with Crippen LogP contribution >= 0.6 is 0 Å². The number of nitrogens with zero attached hydrogens (tertiary/aromatic N) is 2. The molecule has 0 bridgehead atoms. The Labute approximate surface area is 158 Å². The lowest BCUT2D eigenvalue weighted by molar-refractivity contribution is -0.384. The summed E-state index contributed by atoms with van der Waals surface area (Å²) in [5, 5.41) is 14.0. The Morgan fingerprint density at radius 2 is 2.07 bits per heavy atom. The lowest BCUT2D eigenvalue weighted by atomic mass is 9.98. The number of hydrogen-bond donors (Lipinski definition) is 1. The second-order valence-corrected chi connectivity index (χ2v) is 6.49. The van der Waals surface area contributed by atoms with Gasteiger partial charge in [0.25, 0.3) is 11.6 Å². The van der Waals surface area contributed by atoms with Crippen molar-refractivity contribution in [3.63, 3.8) is 0 Å². The van der Waals surface area contributed by atoms with Gasteiger partial charge >= 0.3 is 0 Å². The summed E-state index contributed by atoms with van der Waals surface area (Å²) < 4.78 is 5.69. The monoisotopic (exact) mass is 369 g/mol. The topological polar surface area (TPSA) is 84.7 Å². The molecule has 0 atom stereocenters. The summed E-state index contributed by atoms with van der Waals surface area (Å²) in [7, 11) is 1.50. The lowest BCUT2D eigenvalue weighted by Crippen LogP contribution is -2.31. The minimum atomic E-state index is -0.432. The van der Waals surface area contributed by atoms with Gasteiger partial charge in [-0.05, 0) is 48.2 Å². The van der Waals surface area contributed by atoms with Crippen molar-refractivity contribution in [2.75, 3.05) is 25.1 Å². The van der Waals surface area contributed by atoms with E-state index < -0.39 is 4.92 Å². The van der Waals surface area contributed by atoms with Crippen molar-refractivity contribution in [2.24, 2.45) is 0 Å². The Hall–Kier alpha value is -3.09. The highest BCUT2D eigenvalue weighted by molar-refractivity contribution is 5.95. The van der Waals surface area contributed by atoms with E-state index in [0.29, 0.717) is 25.4 Å². The second kappa shape index (κ2) is 8.07. The van der Waals surface area contributed by atoms with E-state index in [-0.39, 0.29) is 17.2 Å². The van der Waals surface area contributed by atoms with Gasteiger partial charge in [0.15, 0.2) is 0 Å². The van der Waals surface area contributed by atoms with Gasteiger partial charge < -0.3 is 15.0 Å². The van der Waals surface area contributed by atoms with E-state index in [4.69, 9.17) is 4.74 Å². The molecule has 1 heterocycles. The van der Waals surface area contributed by atoms with Gasteiger partial charge in [-0.2, -0.15) is 0 Å². The zero-order valence-electron chi connectivity index (χ0n) is 15.5. The SMILES string of the molecule is CCCOc1ccc2c(c1)CCN(c1ccc(C(=O)NC)cc1[N+](=O)[O-])C2. The molecule has 1 amide bonds. The molecular weight excluding hydrogens is 346 g/mol. The summed E-state index contributed by atoms with van der Waals surface area (Å²) in [4.78, 5) is 24.9. The number of fused-ring (bicyclic) bond motifs is 1. The molecule has 2 aromatic carbocycles. The molecule has 0 saturated heterocycles. The Bertz CT molecular complexity index is 866. The van der Waals surface area contributed by atoms with Crippen molar-refractivity contribution < 1.29 is 14.5 Å². The van der Waals surface area contributed by atoms with Crippen molar-refractivity contribution in [2.45, 2.75) is 26.3 Å². The Kier molecular flexibility index (Phi) is 5.59. The third-order valence-electron chi connectivity index (χ3n) is 4.66. The molecule has 1 N–H and O–H groups in total. The van der Waals surface area contributed by atoms with E-state index in [1.807, 2.05) is 17.0 Å². The van der Waals surface area contributed by atoms with Crippen molar-refractivity contribution >= 4 is 17.3 Å². The standard InChI is InChI=1S/C20H23N3O4/c1-3-10-27-17-6-4-16-13-22(9-8-14(16)11-17)18-7-5-15(20(24)21-2)12-19(18)23(25)26/h4-7,11-12H,3,8-10,13H2,1-2H3,(H,21,24). The van der Waals surface area contributed by atoms with E-state index in [1.54, 1.807) is 12.1 Å². The predicted octanol–water partition coefficient (Wildman–Crippen LogP) is 3.31. The number of benzene rings is 2. The van der Waals surface area contributed by atoms with Crippen LogP contribution in [0.4, 0.5) is 11.4 Å². The van der Waals surface area contributed by atoms with Gasteiger partial charge in [-0.25, -0.2) is 0 Å². The molecule has 0 aromatic heterocycles. The lowest BCUT2D eigenvalue weighted by Gasteiger charge is -2.30. The van der Waals surface area contributed by atoms with Crippen LogP contribution in [0.25, 0.3) is 0 Å². The molecule has 7 heteroatoms. The van der Waals surface area contributed by atoms with Crippen LogP contribution in [0, 0.1) is 10.1 Å². The van der Waals surface area contributed by atoms with E-state index in [9.17, 15) is 14.9 Å². The molecule has 27 heavy (non-hydrogen) atoms. The van der Waals surface area contributed by atoms with Crippen LogP contribution in [0.1, 0.15) is 34.8 Å². The Morgan fingerprint density at radius 1 is 1.26 bits per heavy atom. The minimum Gasteiger partial charge on any atom is -0.494 e. The fourth-order valence-electron chi connectivity index (χ4n) is 3.27. The fourth-order valence-corrected chi connectivity index (χ4v) is 3.27. The summed E-state index contributed by atoms with van der Waals surface area (Å²) in [5.74, 6) is 0.526. The number of anilines is 1. The number of carbonyl (C=O) groups is 1. The van der Waals surface area contributed by atoms with Gasteiger partial charge in [0.2, 0.25) is 0 Å². The fraction of sp³-hybridized carbons (Fsp3) is 0.350. The third kappa shape index (κ3) is 4.02. The highest BCUT2D eigenvalue weighted by Gasteiger charge is 2.25. The first kappa shape index (κ1) is 18.7. The van der Waals surface area contributed by atoms with Crippen molar-refractivity contribution in [1.29, 1.82) is 0 Å². The first-order chi connectivity index (χ1) is 13.0. The summed E-state index contributed by atoms with van der Waals surface area (Å²) in [5.41, 5.74) is 3.11. The second-order valence-electron chi connectivity index (χ2n) is 6.49. The third-order valence-corrected chi connectivity index (χ3v) is 4.66. The largest absolute Gasteiger partial charge is 0.494 e. The molecule has 3 rings (SSSR count). The summed E-state index contributed by atoms with van der Waals surface area (Å²) in [6.07, 6.45) is 1.74. The molecule has 1 aliphatic heterocycles. The van der Waals surface area contributed by atoms with Gasteiger partial charge in [0.05, 0.1) is 11.5 Å². The maximum atomic E-state index is 11.8. The number of rotatable bonds is 6.